The van der Waals surface area contributed by atoms with E-state index in [1.54, 1.807) is 19.1 Å². The van der Waals surface area contributed by atoms with Crippen LogP contribution in [0.2, 0.25) is 0 Å². The van der Waals surface area contributed by atoms with Gasteiger partial charge in [-0.3, -0.25) is 4.79 Å². The van der Waals surface area contributed by atoms with Gasteiger partial charge in [0.1, 0.15) is 19.1 Å². The highest BCUT2D eigenvalue weighted by molar-refractivity contribution is 6.31. The smallest absolute Gasteiger partial charge is 0.257 e. The lowest BCUT2D eigenvalue weighted by Gasteiger charge is -2.44. The van der Waals surface area contributed by atoms with Gasteiger partial charge in [0.05, 0.1) is 33.3 Å². The van der Waals surface area contributed by atoms with Crippen molar-refractivity contribution in [2.24, 2.45) is 5.16 Å². The van der Waals surface area contributed by atoms with Gasteiger partial charge in [0, 0.05) is 48.7 Å². The molecule has 0 radical (unpaired) electrons. The Morgan fingerprint density at radius 2 is 1.76 bits per heavy atom. The van der Waals surface area contributed by atoms with Crippen LogP contribution in [0.15, 0.2) is 53.7 Å². The maximum atomic E-state index is 14.0. The normalized spacial score (nSPS) is 25.5. The summed E-state index contributed by atoms with van der Waals surface area (Å²) >= 11 is 0. The molecule has 1 N–H and O–H groups in total. The Labute approximate surface area is 217 Å². The molecular formula is C29H26N4O5. The van der Waals surface area contributed by atoms with Gasteiger partial charge in [-0.05, 0) is 24.6 Å². The molecule has 0 spiro atoms. The second kappa shape index (κ2) is 7.35. The van der Waals surface area contributed by atoms with Gasteiger partial charge in [-0.15, -0.1) is 0 Å². The summed E-state index contributed by atoms with van der Waals surface area (Å²) < 4.78 is 22.8. The van der Waals surface area contributed by atoms with Crippen molar-refractivity contribution in [3.8, 4) is 0 Å². The molecule has 0 aliphatic carbocycles. The minimum absolute atomic E-state index is 0.0322. The Morgan fingerprint density at radius 3 is 2.47 bits per heavy atom. The predicted octanol–water partition coefficient (Wildman–Crippen LogP) is 4.91. The van der Waals surface area contributed by atoms with Crippen molar-refractivity contribution in [1.82, 2.24) is 14.0 Å². The van der Waals surface area contributed by atoms with Crippen molar-refractivity contribution in [3.63, 3.8) is 0 Å². The van der Waals surface area contributed by atoms with E-state index in [0.29, 0.717) is 18.7 Å². The van der Waals surface area contributed by atoms with E-state index in [2.05, 4.69) is 38.6 Å². The number of aromatic nitrogens is 2. The first-order valence-electron chi connectivity index (χ1n) is 12.7. The molecule has 3 aliphatic rings. The summed E-state index contributed by atoms with van der Waals surface area (Å²) in [6.45, 7) is 2.68. The maximum absolute atomic E-state index is 14.0. The summed E-state index contributed by atoms with van der Waals surface area (Å²) in [5.41, 5.74) is 5.11. The van der Waals surface area contributed by atoms with Gasteiger partial charge in [-0.25, -0.2) is 0 Å². The molecule has 3 aromatic carbocycles. The van der Waals surface area contributed by atoms with E-state index in [-0.39, 0.29) is 12.6 Å². The van der Waals surface area contributed by atoms with E-state index in [1.807, 2.05) is 31.2 Å². The largest absolute Gasteiger partial charge is 0.411 e. The fourth-order valence-corrected chi connectivity index (χ4v) is 7.37. The van der Waals surface area contributed by atoms with Crippen LogP contribution in [0.4, 0.5) is 0 Å². The third-order valence-corrected chi connectivity index (χ3v) is 8.64. The number of hydrogen-bond acceptors (Lipinski definition) is 6. The van der Waals surface area contributed by atoms with Crippen molar-refractivity contribution < 1.29 is 24.2 Å². The Balaban J connectivity index is 1.68. The number of hydrogen-bond donors (Lipinski definition) is 1. The van der Waals surface area contributed by atoms with E-state index in [9.17, 15) is 10.0 Å². The number of amides is 1. The Morgan fingerprint density at radius 1 is 1.05 bits per heavy atom. The number of fused-ring (bicyclic) bond motifs is 13. The van der Waals surface area contributed by atoms with Gasteiger partial charge in [-0.1, -0.05) is 41.6 Å². The average molecular weight is 511 g/mol. The quantitative estimate of drug-likeness (QED) is 0.275. The highest BCUT2D eigenvalue weighted by Crippen LogP contribution is 2.53. The number of carbonyl (C=O) groups excluding carboxylic acids is 1. The Kier molecular flexibility index (Phi) is 4.27. The number of benzene rings is 3. The second-order valence-corrected chi connectivity index (χ2v) is 10.5. The molecule has 1 saturated heterocycles. The lowest BCUT2D eigenvalue weighted by molar-refractivity contribution is -0.211. The minimum Gasteiger partial charge on any atom is -0.411 e. The van der Waals surface area contributed by atoms with Gasteiger partial charge in [-0.2, -0.15) is 0 Å². The number of para-hydroxylation sites is 2. The molecule has 1 fully saturated rings. The molecule has 5 heterocycles. The third kappa shape index (κ3) is 2.38. The van der Waals surface area contributed by atoms with Crippen molar-refractivity contribution in [3.05, 3.63) is 59.7 Å². The highest BCUT2D eigenvalue weighted by Gasteiger charge is 2.52. The molecule has 9 heteroatoms. The summed E-state index contributed by atoms with van der Waals surface area (Å²) in [5, 5.41) is 17.8. The van der Waals surface area contributed by atoms with Gasteiger partial charge in [0.15, 0.2) is 5.72 Å². The Bertz CT molecular complexity index is 1880. The SMILES string of the molecule is COCN1Cc2c(c3c4ccccc4n4c3c3c2c2ccccc2n3[C@@]2(C)O[C@@H]4C/C(=N/O)[C@H]2OC)C1=O. The van der Waals surface area contributed by atoms with E-state index in [4.69, 9.17) is 14.2 Å². The number of rotatable bonds is 3. The molecule has 3 atom stereocenters. The van der Waals surface area contributed by atoms with Gasteiger partial charge in [0.25, 0.3) is 5.91 Å². The summed E-state index contributed by atoms with van der Waals surface area (Å²) in [6, 6.07) is 16.4. The minimum atomic E-state index is -1.02. The van der Waals surface area contributed by atoms with E-state index in [0.717, 1.165) is 54.7 Å². The summed E-state index contributed by atoms with van der Waals surface area (Å²) in [7, 11) is 3.23. The maximum Gasteiger partial charge on any atom is 0.257 e. The first-order valence-corrected chi connectivity index (χ1v) is 12.7. The molecule has 0 unspecified atom stereocenters. The van der Waals surface area contributed by atoms with Crippen molar-refractivity contribution in [2.75, 3.05) is 21.0 Å². The Hall–Kier alpha value is -3.92. The van der Waals surface area contributed by atoms with Crippen molar-refractivity contribution >= 4 is 55.2 Å². The highest BCUT2D eigenvalue weighted by atomic mass is 16.6. The molecule has 9 nitrogen and oxygen atoms in total. The molecule has 1 amide bonds. The number of nitrogens with zero attached hydrogens (tertiary/aromatic N) is 4. The molecule has 5 aromatic rings. The van der Waals surface area contributed by atoms with Crippen LogP contribution in [0.1, 0.15) is 35.5 Å². The topological polar surface area (TPSA) is 90.5 Å². The monoisotopic (exact) mass is 510 g/mol. The average Bonchev–Trinajstić information content (AvgIpc) is 3.54. The number of methoxy groups -OCH3 is 2. The van der Waals surface area contributed by atoms with E-state index >= 15 is 0 Å². The lowest BCUT2D eigenvalue weighted by Crippen LogP contribution is -2.54. The van der Waals surface area contributed by atoms with Crippen molar-refractivity contribution in [1.29, 1.82) is 0 Å². The van der Waals surface area contributed by atoms with Crippen LogP contribution < -0.4 is 0 Å². The lowest BCUT2D eigenvalue weighted by atomic mass is 9.95. The summed E-state index contributed by atoms with van der Waals surface area (Å²) in [4.78, 5) is 15.7. The van der Waals surface area contributed by atoms with Crippen LogP contribution in [0, 0.1) is 0 Å². The van der Waals surface area contributed by atoms with Crippen LogP contribution in [-0.2, 0) is 26.5 Å². The number of oxime groups is 1. The second-order valence-electron chi connectivity index (χ2n) is 10.5. The molecule has 8 rings (SSSR count). The van der Waals surface area contributed by atoms with Crippen molar-refractivity contribution in [2.45, 2.75) is 37.9 Å². The molecule has 2 bridgehead atoms. The third-order valence-electron chi connectivity index (χ3n) is 8.64. The molecule has 0 saturated carbocycles. The summed E-state index contributed by atoms with van der Waals surface area (Å²) in [5.74, 6) is -0.0322. The zero-order chi connectivity index (χ0) is 25.9. The summed E-state index contributed by atoms with van der Waals surface area (Å²) in [6.07, 6.45) is -0.733. The number of ether oxygens (including phenoxy) is 3. The fourth-order valence-electron chi connectivity index (χ4n) is 7.37. The molecule has 192 valence electrons. The predicted molar refractivity (Wildman–Crippen MR) is 143 cm³/mol. The van der Waals surface area contributed by atoms with Crippen LogP contribution in [0.5, 0.6) is 0 Å². The van der Waals surface area contributed by atoms with Gasteiger partial charge in [0.2, 0.25) is 0 Å². The molecule has 2 aromatic heterocycles. The van der Waals surface area contributed by atoms with Gasteiger partial charge >= 0.3 is 0 Å². The molecule has 38 heavy (non-hydrogen) atoms. The van der Waals surface area contributed by atoms with Gasteiger partial charge < -0.3 is 33.5 Å². The number of carbonyl (C=O) groups is 1. The first-order chi connectivity index (χ1) is 18.5. The van der Waals surface area contributed by atoms with E-state index in [1.165, 1.54) is 0 Å². The van der Waals surface area contributed by atoms with Crippen LogP contribution in [0.25, 0.3) is 43.6 Å². The molecule has 3 aliphatic heterocycles. The van der Waals surface area contributed by atoms with E-state index < -0.39 is 18.1 Å². The zero-order valence-electron chi connectivity index (χ0n) is 21.3. The van der Waals surface area contributed by atoms with Crippen LogP contribution >= 0.6 is 0 Å². The fraction of sp³-hybridized carbons (Fsp3) is 0.310. The molecular weight excluding hydrogens is 484 g/mol. The van der Waals surface area contributed by atoms with Crippen LogP contribution in [0.3, 0.4) is 0 Å². The standard InChI is InChI=1S/C29H26N4O5/c1-29-27(37-3)18(30-35)12-21(38-29)32-19-10-6-4-8-15(19)23-24-17(13-31(14-36-2)28(24)34)22-16-9-5-7-11-20(16)33(29)26(22)25(23)32/h4-11,21,27,35H,12-14H2,1-3H3/b30-18-/t21-,27-,29+/m1/s1. The zero-order valence-corrected chi connectivity index (χ0v) is 21.3. The first kappa shape index (κ1) is 22.1. The van der Waals surface area contributed by atoms with Crippen LogP contribution in [-0.4, -0.2) is 57.9 Å².